The molecule has 0 fully saturated rings. The number of amides is 1. The Labute approximate surface area is 140 Å². The van der Waals surface area contributed by atoms with Gasteiger partial charge in [0.1, 0.15) is 17.3 Å². The van der Waals surface area contributed by atoms with E-state index in [4.69, 9.17) is 9.47 Å². The number of hydrogen-bond donors (Lipinski definition) is 1. The minimum atomic E-state index is -0.275. The number of unbranched alkanes of at least 4 members (excludes halogenated alkanes) is 1. The van der Waals surface area contributed by atoms with Crippen molar-refractivity contribution in [3.05, 3.63) is 59.4 Å². The Kier molecular flexibility index (Phi) is 5.31. The Morgan fingerprint density at radius 2 is 2.00 bits per heavy atom. The lowest BCUT2D eigenvalue weighted by molar-refractivity contribution is 0.0952. The normalized spacial score (nSPS) is 12.4. The highest BCUT2D eigenvalue weighted by molar-refractivity contribution is 5.94. The third kappa shape index (κ3) is 4.25. The van der Waals surface area contributed by atoms with Crippen molar-refractivity contribution in [3.63, 3.8) is 0 Å². The SMILES string of the molecule is O=C(NCCCCOc1ccc(F)cc1)c1ccc2c(c1)CCO2. The van der Waals surface area contributed by atoms with E-state index in [1.807, 2.05) is 12.1 Å². The average Bonchev–Trinajstić information content (AvgIpc) is 3.07. The lowest BCUT2D eigenvalue weighted by atomic mass is 10.1. The van der Waals surface area contributed by atoms with Gasteiger partial charge in [-0.25, -0.2) is 4.39 Å². The number of halogens is 1. The van der Waals surface area contributed by atoms with E-state index in [2.05, 4.69) is 5.32 Å². The summed E-state index contributed by atoms with van der Waals surface area (Å²) in [5.41, 5.74) is 1.76. The van der Waals surface area contributed by atoms with Gasteiger partial charge < -0.3 is 14.8 Å². The Morgan fingerprint density at radius 1 is 1.17 bits per heavy atom. The van der Waals surface area contributed by atoms with Crippen molar-refractivity contribution in [2.45, 2.75) is 19.3 Å². The Hall–Kier alpha value is -2.56. The number of carbonyl (C=O) groups is 1. The van der Waals surface area contributed by atoms with E-state index in [1.165, 1.54) is 12.1 Å². The summed E-state index contributed by atoms with van der Waals surface area (Å²) in [7, 11) is 0. The van der Waals surface area contributed by atoms with Gasteiger partial charge in [0.15, 0.2) is 0 Å². The number of carbonyl (C=O) groups excluding carboxylic acids is 1. The zero-order valence-electron chi connectivity index (χ0n) is 13.4. The molecule has 1 aliphatic heterocycles. The Morgan fingerprint density at radius 3 is 2.83 bits per heavy atom. The van der Waals surface area contributed by atoms with E-state index < -0.39 is 0 Å². The standard InChI is InChI=1S/C19H20FNO3/c20-16-4-6-17(7-5-16)23-11-2-1-10-21-19(22)15-3-8-18-14(13-15)9-12-24-18/h3-8,13H,1-2,9-12H2,(H,21,22). The highest BCUT2D eigenvalue weighted by Gasteiger charge is 2.14. The molecule has 0 spiro atoms. The van der Waals surface area contributed by atoms with E-state index in [0.29, 0.717) is 31.1 Å². The van der Waals surface area contributed by atoms with Crippen LogP contribution in [0.2, 0.25) is 0 Å². The van der Waals surface area contributed by atoms with Gasteiger partial charge in [0, 0.05) is 18.5 Å². The fraction of sp³-hybridized carbons (Fsp3) is 0.316. The molecule has 0 saturated heterocycles. The second kappa shape index (κ2) is 7.81. The number of rotatable bonds is 7. The van der Waals surface area contributed by atoms with Gasteiger partial charge >= 0.3 is 0 Å². The third-order valence-corrected chi connectivity index (χ3v) is 3.89. The van der Waals surface area contributed by atoms with Crippen LogP contribution >= 0.6 is 0 Å². The number of ether oxygens (including phenoxy) is 2. The maximum atomic E-state index is 12.8. The zero-order chi connectivity index (χ0) is 16.8. The smallest absolute Gasteiger partial charge is 0.251 e. The highest BCUT2D eigenvalue weighted by atomic mass is 19.1. The fourth-order valence-corrected chi connectivity index (χ4v) is 2.58. The van der Waals surface area contributed by atoms with Crippen LogP contribution in [0, 0.1) is 5.82 Å². The molecule has 3 rings (SSSR count). The molecular weight excluding hydrogens is 309 g/mol. The molecule has 0 bridgehead atoms. The summed E-state index contributed by atoms with van der Waals surface area (Å²) in [6, 6.07) is 11.5. The van der Waals surface area contributed by atoms with Crippen LogP contribution in [0.4, 0.5) is 4.39 Å². The number of nitrogens with one attached hydrogen (secondary N) is 1. The van der Waals surface area contributed by atoms with E-state index in [-0.39, 0.29) is 11.7 Å². The molecule has 2 aromatic rings. The van der Waals surface area contributed by atoms with Crippen molar-refractivity contribution in [3.8, 4) is 11.5 Å². The van der Waals surface area contributed by atoms with Crippen LogP contribution in [-0.4, -0.2) is 25.7 Å². The number of benzene rings is 2. The van der Waals surface area contributed by atoms with Gasteiger partial charge in [0.05, 0.1) is 13.2 Å². The van der Waals surface area contributed by atoms with Crippen LogP contribution < -0.4 is 14.8 Å². The van der Waals surface area contributed by atoms with Crippen molar-refractivity contribution in [2.75, 3.05) is 19.8 Å². The summed E-state index contributed by atoms with van der Waals surface area (Å²) in [5, 5.41) is 2.91. The molecule has 0 radical (unpaired) electrons. The first-order valence-electron chi connectivity index (χ1n) is 8.15. The molecule has 4 nitrogen and oxygen atoms in total. The van der Waals surface area contributed by atoms with E-state index in [1.54, 1.807) is 18.2 Å². The predicted octanol–water partition coefficient (Wildman–Crippen LogP) is 3.35. The summed E-state index contributed by atoms with van der Waals surface area (Å²) < 4.78 is 23.7. The summed E-state index contributed by atoms with van der Waals surface area (Å²) in [6.45, 7) is 1.82. The molecule has 1 heterocycles. The van der Waals surface area contributed by atoms with E-state index >= 15 is 0 Å². The molecule has 0 atom stereocenters. The molecular formula is C19H20FNO3. The summed E-state index contributed by atoms with van der Waals surface area (Å²) in [5.74, 6) is 1.19. The maximum absolute atomic E-state index is 12.8. The highest BCUT2D eigenvalue weighted by Crippen LogP contribution is 2.25. The molecule has 0 saturated carbocycles. The molecule has 5 heteroatoms. The first-order chi connectivity index (χ1) is 11.7. The van der Waals surface area contributed by atoms with Gasteiger partial charge in [0.2, 0.25) is 0 Å². The molecule has 1 amide bonds. The van der Waals surface area contributed by atoms with Crippen LogP contribution in [0.5, 0.6) is 11.5 Å². The molecule has 0 unspecified atom stereocenters. The van der Waals surface area contributed by atoms with E-state index in [9.17, 15) is 9.18 Å². The minimum absolute atomic E-state index is 0.0656. The van der Waals surface area contributed by atoms with E-state index in [0.717, 1.165) is 30.6 Å². The lowest BCUT2D eigenvalue weighted by Gasteiger charge is -2.08. The number of fused-ring (bicyclic) bond motifs is 1. The lowest BCUT2D eigenvalue weighted by Crippen LogP contribution is -2.24. The van der Waals surface area contributed by atoms with Crippen molar-refractivity contribution in [1.82, 2.24) is 5.32 Å². The minimum Gasteiger partial charge on any atom is -0.494 e. The Balaban J connectivity index is 1.34. The van der Waals surface area contributed by atoms with Crippen LogP contribution in [0.1, 0.15) is 28.8 Å². The van der Waals surface area contributed by atoms with Crippen molar-refractivity contribution in [1.29, 1.82) is 0 Å². The summed E-state index contributed by atoms with van der Waals surface area (Å²) in [4.78, 5) is 12.1. The molecule has 2 aromatic carbocycles. The first-order valence-corrected chi connectivity index (χ1v) is 8.15. The van der Waals surface area contributed by atoms with Gasteiger partial charge in [0.25, 0.3) is 5.91 Å². The number of hydrogen-bond acceptors (Lipinski definition) is 3. The average molecular weight is 329 g/mol. The van der Waals surface area contributed by atoms with Crippen molar-refractivity contribution < 1.29 is 18.7 Å². The van der Waals surface area contributed by atoms with Gasteiger partial charge in [-0.2, -0.15) is 0 Å². The Bertz CT molecular complexity index is 700. The van der Waals surface area contributed by atoms with Gasteiger partial charge in [-0.3, -0.25) is 4.79 Å². The van der Waals surface area contributed by atoms with Gasteiger partial charge in [-0.1, -0.05) is 0 Å². The second-order valence-electron chi connectivity index (χ2n) is 5.69. The largest absolute Gasteiger partial charge is 0.494 e. The zero-order valence-corrected chi connectivity index (χ0v) is 13.4. The van der Waals surface area contributed by atoms with Crippen LogP contribution in [0.25, 0.3) is 0 Å². The van der Waals surface area contributed by atoms with Crippen LogP contribution in [0.3, 0.4) is 0 Å². The monoisotopic (exact) mass is 329 g/mol. The molecule has 1 N–H and O–H groups in total. The summed E-state index contributed by atoms with van der Waals surface area (Å²) in [6.07, 6.45) is 2.49. The van der Waals surface area contributed by atoms with Crippen LogP contribution in [-0.2, 0) is 6.42 Å². The quantitative estimate of drug-likeness (QED) is 0.793. The van der Waals surface area contributed by atoms with Gasteiger partial charge in [-0.05, 0) is 60.9 Å². The molecule has 0 aromatic heterocycles. The van der Waals surface area contributed by atoms with Gasteiger partial charge in [-0.15, -0.1) is 0 Å². The second-order valence-corrected chi connectivity index (χ2v) is 5.69. The summed E-state index contributed by atoms with van der Waals surface area (Å²) >= 11 is 0. The fourth-order valence-electron chi connectivity index (χ4n) is 2.58. The molecule has 24 heavy (non-hydrogen) atoms. The van der Waals surface area contributed by atoms with Crippen LogP contribution in [0.15, 0.2) is 42.5 Å². The van der Waals surface area contributed by atoms with Crippen molar-refractivity contribution >= 4 is 5.91 Å². The topological polar surface area (TPSA) is 47.6 Å². The molecule has 0 aliphatic carbocycles. The molecule has 126 valence electrons. The predicted molar refractivity (Wildman–Crippen MR) is 89.1 cm³/mol. The maximum Gasteiger partial charge on any atom is 0.251 e. The molecule has 1 aliphatic rings. The third-order valence-electron chi connectivity index (χ3n) is 3.89. The first kappa shape index (κ1) is 16.3. The van der Waals surface area contributed by atoms with Crippen molar-refractivity contribution in [2.24, 2.45) is 0 Å².